The number of nitrogens with zero attached hydrogens (tertiary/aromatic N) is 2. The summed E-state index contributed by atoms with van der Waals surface area (Å²) < 4.78 is 0. The van der Waals surface area contributed by atoms with Gasteiger partial charge in [-0.05, 0) is 59.4 Å². The number of piperidine rings is 1. The Balaban J connectivity index is 1.97. The Morgan fingerprint density at radius 2 is 1.89 bits per heavy atom. The Kier molecular flexibility index (Phi) is 8.67. The van der Waals surface area contributed by atoms with Crippen LogP contribution in [-0.2, 0) is 0 Å². The third-order valence-corrected chi connectivity index (χ3v) is 4.16. The Bertz CT molecular complexity index is 216. The molecule has 0 aromatic rings. The van der Waals surface area contributed by atoms with E-state index in [2.05, 4.69) is 43.1 Å². The van der Waals surface area contributed by atoms with E-state index in [0.29, 0.717) is 6.04 Å². The van der Waals surface area contributed by atoms with E-state index < -0.39 is 0 Å². The SMILES string of the molecule is CC(C)NCCCCCCN1CCCC(N(C)C)C1. The number of hydrogen-bond acceptors (Lipinski definition) is 3. The molecule has 19 heavy (non-hydrogen) atoms. The van der Waals surface area contributed by atoms with Crippen molar-refractivity contribution < 1.29 is 0 Å². The minimum absolute atomic E-state index is 0.635. The lowest BCUT2D eigenvalue weighted by Crippen LogP contribution is -2.45. The third kappa shape index (κ3) is 7.91. The maximum atomic E-state index is 3.49. The van der Waals surface area contributed by atoms with Crippen LogP contribution in [-0.4, -0.2) is 62.2 Å². The van der Waals surface area contributed by atoms with Crippen LogP contribution in [0.3, 0.4) is 0 Å². The minimum Gasteiger partial charge on any atom is -0.315 e. The van der Waals surface area contributed by atoms with Gasteiger partial charge in [0.25, 0.3) is 0 Å². The summed E-state index contributed by atoms with van der Waals surface area (Å²) >= 11 is 0. The first-order chi connectivity index (χ1) is 9.09. The summed E-state index contributed by atoms with van der Waals surface area (Å²) in [5.41, 5.74) is 0. The zero-order valence-electron chi connectivity index (χ0n) is 13.6. The van der Waals surface area contributed by atoms with E-state index in [1.165, 1.54) is 64.7 Å². The van der Waals surface area contributed by atoms with Crippen LogP contribution in [0, 0.1) is 0 Å². The normalized spacial score (nSPS) is 21.5. The topological polar surface area (TPSA) is 18.5 Å². The molecular weight excluding hydrogens is 234 g/mol. The van der Waals surface area contributed by atoms with Crippen molar-refractivity contribution in [2.75, 3.05) is 40.3 Å². The summed E-state index contributed by atoms with van der Waals surface area (Å²) in [6.45, 7) is 9.53. The molecule has 0 spiro atoms. The minimum atomic E-state index is 0.635. The third-order valence-electron chi connectivity index (χ3n) is 4.16. The van der Waals surface area contributed by atoms with Crippen molar-refractivity contribution in [3.05, 3.63) is 0 Å². The average molecular weight is 269 g/mol. The van der Waals surface area contributed by atoms with Crippen molar-refractivity contribution in [3.8, 4) is 0 Å². The monoisotopic (exact) mass is 269 g/mol. The summed E-state index contributed by atoms with van der Waals surface area (Å²) in [6.07, 6.45) is 8.24. The molecule has 3 heteroatoms. The Morgan fingerprint density at radius 3 is 2.58 bits per heavy atom. The molecule has 0 aliphatic carbocycles. The van der Waals surface area contributed by atoms with Gasteiger partial charge in [-0.3, -0.25) is 0 Å². The molecule has 0 radical (unpaired) electrons. The molecule has 1 unspecified atom stereocenters. The van der Waals surface area contributed by atoms with Crippen molar-refractivity contribution >= 4 is 0 Å². The van der Waals surface area contributed by atoms with Crippen LogP contribution in [0.25, 0.3) is 0 Å². The molecule has 1 rings (SSSR count). The summed E-state index contributed by atoms with van der Waals surface area (Å²) in [5.74, 6) is 0. The van der Waals surface area contributed by atoms with E-state index in [0.717, 1.165) is 6.04 Å². The van der Waals surface area contributed by atoms with Crippen molar-refractivity contribution in [1.82, 2.24) is 15.1 Å². The lowest BCUT2D eigenvalue weighted by Gasteiger charge is -2.36. The van der Waals surface area contributed by atoms with Crippen LogP contribution < -0.4 is 5.32 Å². The van der Waals surface area contributed by atoms with E-state index in [9.17, 15) is 0 Å². The predicted molar refractivity (Wildman–Crippen MR) is 84.8 cm³/mol. The Labute approximate surface area is 120 Å². The van der Waals surface area contributed by atoms with Crippen LogP contribution in [0.15, 0.2) is 0 Å². The molecular formula is C16H35N3. The van der Waals surface area contributed by atoms with Crippen molar-refractivity contribution in [2.24, 2.45) is 0 Å². The number of nitrogens with one attached hydrogen (secondary N) is 1. The zero-order chi connectivity index (χ0) is 14.1. The van der Waals surface area contributed by atoms with Gasteiger partial charge in [0.1, 0.15) is 0 Å². The highest BCUT2D eigenvalue weighted by molar-refractivity contribution is 4.77. The second-order valence-corrected chi connectivity index (χ2v) is 6.58. The van der Waals surface area contributed by atoms with E-state index in [4.69, 9.17) is 0 Å². The molecule has 0 amide bonds. The molecule has 1 atom stereocenters. The van der Waals surface area contributed by atoms with Gasteiger partial charge in [-0.15, -0.1) is 0 Å². The predicted octanol–water partition coefficient (Wildman–Crippen LogP) is 2.57. The number of likely N-dealkylation sites (tertiary alicyclic amines) is 1. The number of hydrogen-bond donors (Lipinski definition) is 1. The summed E-state index contributed by atoms with van der Waals surface area (Å²) in [7, 11) is 4.44. The van der Waals surface area contributed by atoms with Crippen molar-refractivity contribution in [3.63, 3.8) is 0 Å². The largest absolute Gasteiger partial charge is 0.315 e. The Hall–Kier alpha value is -0.120. The maximum absolute atomic E-state index is 3.49. The molecule has 1 aliphatic rings. The summed E-state index contributed by atoms with van der Waals surface area (Å²) in [4.78, 5) is 5.06. The van der Waals surface area contributed by atoms with Crippen molar-refractivity contribution in [1.29, 1.82) is 0 Å². The van der Waals surface area contributed by atoms with E-state index in [1.807, 2.05) is 0 Å². The molecule has 1 heterocycles. The van der Waals surface area contributed by atoms with Gasteiger partial charge < -0.3 is 15.1 Å². The van der Waals surface area contributed by atoms with Gasteiger partial charge >= 0.3 is 0 Å². The summed E-state index contributed by atoms with van der Waals surface area (Å²) in [6, 6.07) is 1.42. The van der Waals surface area contributed by atoms with Crippen LogP contribution in [0.4, 0.5) is 0 Å². The number of likely N-dealkylation sites (N-methyl/N-ethyl adjacent to an activating group) is 1. The first kappa shape index (κ1) is 16.9. The molecule has 1 aliphatic heterocycles. The van der Waals surface area contributed by atoms with Crippen molar-refractivity contribution in [2.45, 2.75) is 64.5 Å². The molecule has 0 saturated carbocycles. The van der Waals surface area contributed by atoms with Gasteiger partial charge in [0.15, 0.2) is 0 Å². The van der Waals surface area contributed by atoms with E-state index in [1.54, 1.807) is 0 Å². The van der Waals surface area contributed by atoms with Crippen LogP contribution in [0.2, 0.25) is 0 Å². The van der Waals surface area contributed by atoms with Gasteiger partial charge in [-0.1, -0.05) is 26.7 Å². The highest BCUT2D eigenvalue weighted by Crippen LogP contribution is 2.14. The molecule has 3 nitrogen and oxygen atoms in total. The lowest BCUT2D eigenvalue weighted by molar-refractivity contribution is 0.131. The van der Waals surface area contributed by atoms with Gasteiger partial charge in [-0.2, -0.15) is 0 Å². The fraction of sp³-hybridized carbons (Fsp3) is 1.00. The lowest BCUT2D eigenvalue weighted by atomic mass is 10.0. The highest BCUT2D eigenvalue weighted by atomic mass is 15.2. The molecule has 0 bridgehead atoms. The van der Waals surface area contributed by atoms with Gasteiger partial charge in [-0.25, -0.2) is 0 Å². The number of unbranched alkanes of at least 4 members (excludes halogenated alkanes) is 3. The molecule has 114 valence electrons. The number of rotatable bonds is 9. The van der Waals surface area contributed by atoms with Crippen LogP contribution in [0.5, 0.6) is 0 Å². The average Bonchev–Trinajstić information content (AvgIpc) is 2.37. The van der Waals surface area contributed by atoms with E-state index in [-0.39, 0.29) is 0 Å². The quantitative estimate of drug-likeness (QED) is 0.649. The second-order valence-electron chi connectivity index (χ2n) is 6.58. The molecule has 0 aromatic heterocycles. The zero-order valence-corrected chi connectivity index (χ0v) is 13.6. The fourth-order valence-corrected chi connectivity index (χ4v) is 2.86. The summed E-state index contributed by atoms with van der Waals surface area (Å²) in [5, 5.41) is 3.49. The van der Waals surface area contributed by atoms with Gasteiger partial charge in [0, 0.05) is 18.6 Å². The molecule has 1 saturated heterocycles. The molecule has 1 N–H and O–H groups in total. The van der Waals surface area contributed by atoms with Gasteiger partial charge in [0.2, 0.25) is 0 Å². The standard InChI is InChI=1S/C16H35N3/c1-15(2)17-11-7-5-6-8-12-19-13-9-10-16(14-19)18(3)4/h15-17H,5-14H2,1-4H3. The van der Waals surface area contributed by atoms with E-state index >= 15 is 0 Å². The first-order valence-electron chi connectivity index (χ1n) is 8.21. The van der Waals surface area contributed by atoms with Crippen LogP contribution in [0.1, 0.15) is 52.4 Å². The first-order valence-corrected chi connectivity index (χ1v) is 8.21. The Morgan fingerprint density at radius 1 is 1.16 bits per heavy atom. The van der Waals surface area contributed by atoms with Gasteiger partial charge in [0.05, 0.1) is 0 Å². The fourth-order valence-electron chi connectivity index (χ4n) is 2.86. The smallest absolute Gasteiger partial charge is 0.0217 e. The second kappa shape index (κ2) is 9.73. The maximum Gasteiger partial charge on any atom is 0.0217 e. The molecule has 0 aromatic carbocycles. The highest BCUT2D eigenvalue weighted by Gasteiger charge is 2.20. The van der Waals surface area contributed by atoms with Crippen LogP contribution >= 0.6 is 0 Å². The molecule has 1 fully saturated rings.